The minimum Gasteiger partial charge on any atom is -0.409 e. The summed E-state index contributed by atoms with van der Waals surface area (Å²) >= 11 is 0. The Labute approximate surface area is 117 Å². The summed E-state index contributed by atoms with van der Waals surface area (Å²) in [6.45, 7) is 2.71. The summed E-state index contributed by atoms with van der Waals surface area (Å²) in [5.74, 6) is 0.592. The topological polar surface area (TPSA) is 87.6 Å². The van der Waals surface area contributed by atoms with Gasteiger partial charge in [-0.2, -0.15) is 5.10 Å². The van der Waals surface area contributed by atoms with Crippen molar-refractivity contribution >= 4 is 11.7 Å². The van der Waals surface area contributed by atoms with E-state index in [9.17, 15) is 0 Å². The molecule has 1 heterocycles. The number of aromatic nitrogens is 2. The van der Waals surface area contributed by atoms with E-state index in [4.69, 9.17) is 10.9 Å². The van der Waals surface area contributed by atoms with Gasteiger partial charge in [0.25, 0.3) is 0 Å². The summed E-state index contributed by atoms with van der Waals surface area (Å²) < 4.78 is 0. The fraction of sp³-hybridized carbons (Fsp3) is 0.214. The Morgan fingerprint density at radius 2 is 2.00 bits per heavy atom. The monoisotopic (exact) mass is 271 g/mol. The van der Waals surface area contributed by atoms with E-state index in [-0.39, 0.29) is 5.84 Å². The van der Waals surface area contributed by atoms with Gasteiger partial charge in [-0.1, -0.05) is 35.0 Å². The van der Waals surface area contributed by atoms with Crippen LogP contribution in [0.2, 0.25) is 0 Å². The molecule has 0 bridgehead atoms. The highest BCUT2D eigenvalue weighted by atomic mass is 16.4. The molecule has 0 atom stereocenters. The van der Waals surface area contributed by atoms with Crippen LogP contribution < -0.4 is 10.6 Å². The quantitative estimate of drug-likeness (QED) is 0.381. The number of nitrogens with two attached hydrogens (primary N) is 1. The number of hydrogen-bond donors (Lipinski definition) is 2. The average Bonchev–Trinajstić information content (AvgIpc) is 2.48. The average molecular weight is 271 g/mol. The van der Waals surface area contributed by atoms with Crippen molar-refractivity contribution in [3.05, 3.63) is 53.2 Å². The number of nitrogens with zero attached hydrogens (tertiary/aromatic N) is 4. The molecule has 6 heteroatoms. The molecule has 2 aromatic rings. The summed E-state index contributed by atoms with van der Waals surface area (Å²) in [5.41, 5.74) is 8.57. The predicted octanol–water partition coefficient (Wildman–Crippen LogP) is 1.52. The standard InChI is InChI=1S/C14H17N5O/c1-10-3-5-11(6-4-10)9-19(2)14-12(13(15)18-20)7-8-16-17-14/h3-8,20H,9H2,1-2H3,(H2,15,18). The van der Waals surface area contributed by atoms with E-state index in [0.717, 1.165) is 5.56 Å². The van der Waals surface area contributed by atoms with Crippen molar-refractivity contribution < 1.29 is 5.21 Å². The van der Waals surface area contributed by atoms with Crippen LogP contribution in [0.25, 0.3) is 0 Å². The molecule has 0 aliphatic rings. The van der Waals surface area contributed by atoms with Crippen LogP contribution >= 0.6 is 0 Å². The first-order chi connectivity index (χ1) is 9.61. The third-order valence-corrected chi connectivity index (χ3v) is 2.99. The maximum atomic E-state index is 8.81. The van der Waals surface area contributed by atoms with Gasteiger partial charge in [0.1, 0.15) is 0 Å². The lowest BCUT2D eigenvalue weighted by Crippen LogP contribution is -2.24. The van der Waals surface area contributed by atoms with E-state index in [0.29, 0.717) is 17.9 Å². The molecule has 3 N–H and O–H groups in total. The number of aryl methyl sites for hydroxylation is 1. The highest BCUT2D eigenvalue weighted by Crippen LogP contribution is 2.17. The second-order valence-corrected chi connectivity index (χ2v) is 4.60. The molecule has 0 saturated carbocycles. The Morgan fingerprint density at radius 1 is 1.30 bits per heavy atom. The zero-order valence-corrected chi connectivity index (χ0v) is 11.5. The molecule has 0 fully saturated rings. The Morgan fingerprint density at radius 3 is 2.65 bits per heavy atom. The van der Waals surface area contributed by atoms with Gasteiger partial charge in [-0.3, -0.25) is 0 Å². The largest absolute Gasteiger partial charge is 0.409 e. The number of anilines is 1. The molecule has 0 aliphatic carbocycles. The molecule has 0 aliphatic heterocycles. The van der Waals surface area contributed by atoms with Gasteiger partial charge < -0.3 is 15.8 Å². The molecule has 104 valence electrons. The van der Waals surface area contributed by atoms with Crippen molar-refractivity contribution in [3.8, 4) is 0 Å². The third-order valence-electron chi connectivity index (χ3n) is 2.99. The SMILES string of the molecule is Cc1ccc(CN(C)c2nnccc2/C(N)=N/O)cc1. The van der Waals surface area contributed by atoms with E-state index in [1.54, 1.807) is 6.07 Å². The highest BCUT2D eigenvalue weighted by Gasteiger charge is 2.13. The maximum Gasteiger partial charge on any atom is 0.173 e. The zero-order chi connectivity index (χ0) is 14.5. The molecule has 6 nitrogen and oxygen atoms in total. The molecular weight excluding hydrogens is 254 g/mol. The van der Waals surface area contributed by atoms with Crippen LogP contribution in [-0.2, 0) is 6.54 Å². The summed E-state index contributed by atoms with van der Waals surface area (Å²) in [6, 6.07) is 9.91. The molecule has 1 aromatic heterocycles. The van der Waals surface area contributed by atoms with Gasteiger partial charge in [0, 0.05) is 13.6 Å². The summed E-state index contributed by atoms with van der Waals surface area (Å²) in [6.07, 6.45) is 1.51. The van der Waals surface area contributed by atoms with Crippen molar-refractivity contribution in [1.82, 2.24) is 10.2 Å². The first-order valence-electron chi connectivity index (χ1n) is 6.18. The number of benzene rings is 1. The lowest BCUT2D eigenvalue weighted by atomic mass is 10.1. The third kappa shape index (κ3) is 3.03. The van der Waals surface area contributed by atoms with Crippen LogP contribution in [0.5, 0.6) is 0 Å². The van der Waals surface area contributed by atoms with E-state index in [1.165, 1.54) is 11.8 Å². The van der Waals surface area contributed by atoms with Gasteiger partial charge in [0.05, 0.1) is 11.8 Å². The van der Waals surface area contributed by atoms with E-state index >= 15 is 0 Å². The first kappa shape index (κ1) is 13.8. The molecule has 20 heavy (non-hydrogen) atoms. The molecule has 1 aromatic carbocycles. The lowest BCUT2D eigenvalue weighted by molar-refractivity contribution is 0.318. The van der Waals surface area contributed by atoms with Crippen molar-refractivity contribution in [1.29, 1.82) is 0 Å². The summed E-state index contributed by atoms with van der Waals surface area (Å²) in [4.78, 5) is 1.91. The van der Waals surface area contributed by atoms with Crippen molar-refractivity contribution in [2.75, 3.05) is 11.9 Å². The Balaban J connectivity index is 2.25. The number of amidine groups is 1. The van der Waals surface area contributed by atoms with Crippen LogP contribution in [0.1, 0.15) is 16.7 Å². The molecule has 0 spiro atoms. The molecule has 0 saturated heterocycles. The van der Waals surface area contributed by atoms with E-state index in [2.05, 4.69) is 39.6 Å². The minimum absolute atomic E-state index is 0.0191. The fourth-order valence-corrected chi connectivity index (χ4v) is 1.90. The smallest absolute Gasteiger partial charge is 0.173 e. The highest BCUT2D eigenvalue weighted by molar-refractivity contribution is 6.01. The zero-order valence-electron chi connectivity index (χ0n) is 11.5. The van der Waals surface area contributed by atoms with Gasteiger partial charge in [0.15, 0.2) is 11.7 Å². The van der Waals surface area contributed by atoms with Gasteiger partial charge in [-0.15, -0.1) is 5.10 Å². The molecule has 0 radical (unpaired) electrons. The molecule has 2 rings (SSSR count). The molecular formula is C14H17N5O. The predicted molar refractivity (Wildman–Crippen MR) is 77.8 cm³/mol. The number of rotatable bonds is 4. The second-order valence-electron chi connectivity index (χ2n) is 4.60. The van der Waals surface area contributed by atoms with Crippen LogP contribution in [0, 0.1) is 6.92 Å². The van der Waals surface area contributed by atoms with Crippen LogP contribution in [0.15, 0.2) is 41.7 Å². The van der Waals surface area contributed by atoms with Crippen LogP contribution in [0.3, 0.4) is 0 Å². The Hall–Kier alpha value is -2.63. The van der Waals surface area contributed by atoms with Gasteiger partial charge in [-0.05, 0) is 18.6 Å². The van der Waals surface area contributed by atoms with Crippen molar-refractivity contribution in [2.45, 2.75) is 13.5 Å². The molecule has 0 unspecified atom stereocenters. The van der Waals surface area contributed by atoms with E-state index in [1.807, 2.05) is 18.9 Å². The summed E-state index contributed by atoms with van der Waals surface area (Å²) in [7, 11) is 1.89. The summed E-state index contributed by atoms with van der Waals surface area (Å²) in [5, 5.41) is 19.8. The van der Waals surface area contributed by atoms with E-state index < -0.39 is 0 Å². The maximum absolute atomic E-state index is 8.81. The van der Waals surface area contributed by atoms with Gasteiger partial charge >= 0.3 is 0 Å². The van der Waals surface area contributed by atoms with Crippen molar-refractivity contribution in [3.63, 3.8) is 0 Å². The normalized spacial score (nSPS) is 11.4. The minimum atomic E-state index is 0.0191. The van der Waals surface area contributed by atoms with Gasteiger partial charge in [-0.25, -0.2) is 0 Å². The van der Waals surface area contributed by atoms with Crippen molar-refractivity contribution in [2.24, 2.45) is 10.9 Å². The number of oxime groups is 1. The first-order valence-corrected chi connectivity index (χ1v) is 6.18. The van der Waals surface area contributed by atoms with Gasteiger partial charge in [0.2, 0.25) is 0 Å². The Kier molecular flexibility index (Phi) is 4.14. The lowest BCUT2D eigenvalue weighted by Gasteiger charge is -2.20. The van der Waals surface area contributed by atoms with Crippen LogP contribution in [0.4, 0.5) is 5.82 Å². The fourth-order valence-electron chi connectivity index (χ4n) is 1.90. The van der Waals surface area contributed by atoms with Crippen LogP contribution in [-0.4, -0.2) is 28.3 Å². The Bertz CT molecular complexity index is 609. The second kappa shape index (κ2) is 6.01. The number of hydrogen-bond acceptors (Lipinski definition) is 5. The molecule has 0 amide bonds.